The molecule has 94 valence electrons. The molecule has 1 aromatic heterocycles. The SMILES string of the molecule is CNC(CCc1ccccc1)c1ccnc(C)n1. The molecule has 2 aromatic rings. The van der Waals surface area contributed by atoms with Crippen molar-refractivity contribution in [2.24, 2.45) is 0 Å². The Morgan fingerprint density at radius 3 is 2.61 bits per heavy atom. The summed E-state index contributed by atoms with van der Waals surface area (Å²) >= 11 is 0. The first-order valence-electron chi connectivity index (χ1n) is 6.30. The maximum Gasteiger partial charge on any atom is 0.125 e. The van der Waals surface area contributed by atoms with Crippen LogP contribution in [0.3, 0.4) is 0 Å². The number of benzene rings is 1. The Labute approximate surface area is 108 Å². The predicted molar refractivity (Wildman–Crippen MR) is 73.3 cm³/mol. The van der Waals surface area contributed by atoms with Gasteiger partial charge in [0.25, 0.3) is 0 Å². The van der Waals surface area contributed by atoms with Gasteiger partial charge in [-0.25, -0.2) is 9.97 Å². The molecule has 1 heterocycles. The van der Waals surface area contributed by atoms with E-state index < -0.39 is 0 Å². The van der Waals surface area contributed by atoms with E-state index in [2.05, 4.69) is 39.6 Å². The lowest BCUT2D eigenvalue weighted by atomic mass is 10.0. The number of hydrogen-bond donors (Lipinski definition) is 1. The molecule has 0 amide bonds. The second kappa shape index (κ2) is 6.26. The highest BCUT2D eigenvalue weighted by Crippen LogP contribution is 2.16. The van der Waals surface area contributed by atoms with Crippen molar-refractivity contribution < 1.29 is 0 Å². The van der Waals surface area contributed by atoms with Crippen molar-refractivity contribution in [2.45, 2.75) is 25.8 Å². The third kappa shape index (κ3) is 3.37. The monoisotopic (exact) mass is 241 g/mol. The quantitative estimate of drug-likeness (QED) is 0.874. The van der Waals surface area contributed by atoms with Gasteiger partial charge in [0.1, 0.15) is 5.82 Å². The number of nitrogens with one attached hydrogen (secondary N) is 1. The van der Waals surface area contributed by atoms with Crippen molar-refractivity contribution in [1.82, 2.24) is 15.3 Å². The van der Waals surface area contributed by atoms with E-state index in [1.807, 2.05) is 32.3 Å². The first-order valence-corrected chi connectivity index (χ1v) is 6.30. The Kier molecular flexibility index (Phi) is 4.42. The van der Waals surface area contributed by atoms with Crippen molar-refractivity contribution >= 4 is 0 Å². The predicted octanol–water partition coefficient (Wildman–Crippen LogP) is 2.68. The summed E-state index contributed by atoms with van der Waals surface area (Å²) in [6.45, 7) is 1.92. The molecule has 0 spiro atoms. The van der Waals surface area contributed by atoms with Crippen molar-refractivity contribution in [3.8, 4) is 0 Å². The number of aryl methyl sites for hydroxylation is 2. The van der Waals surface area contributed by atoms with Gasteiger partial charge in [0, 0.05) is 12.2 Å². The fourth-order valence-electron chi connectivity index (χ4n) is 2.06. The Bertz CT molecular complexity index is 482. The number of hydrogen-bond acceptors (Lipinski definition) is 3. The van der Waals surface area contributed by atoms with Gasteiger partial charge >= 0.3 is 0 Å². The average molecular weight is 241 g/mol. The molecule has 0 fully saturated rings. The molecule has 1 aromatic carbocycles. The Balaban J connectivity index is 2.02. The highest BCUT2D eigenvalue weighted by Gasteiger charge is 2.10. The number of rotatable bonds is 5. The topological polar surface area (TPSA) is 37.8 Å². The zero-order chi connectivity index (χ0) is 12.8. The van der Waals surface area contributed by atoms with Gasteiger partial charge in [-0.05, 0) is 38.4 Å². The maximum absolute atomic E-state index is 4.48. The minimum Gasteiger partial charge on any atom is -0.312 e. The third-order valence-corrected chi connectivity index (χ3v) is 3.07. The van der Waals surface area contributed by atoms with Gasteiger partial charge in [-0.1, -0.05) is 30.3 Å². The van der Waals surface area contributed by atoms with Crippen LogP contribution in [0.5, 0.6) is 0 Å². The summed E-state index contributed by atoms with van der Waals surface area (Å²) in [5.74, 6) is 0.826. The van der Waals surface area contributed by atoms with Crippen LogP contribution in [0, 0.1) is 6.92 Å². The van der Waals surface area contributed by atoms with E-state index in [1.54, 1.807) is 0 Å². The van der Waals surface area contributed by atoms with E-state index in [4.69, 9.17) is 0 Å². The van der Waals surface area contributed by atoms with Crippen molar-refractivity contribution in [3.63, 3.8) is 0 Å². The summed E-state index contributed by atoms with van der Waals surface area (Å²) in [5, 5.41) is 3.33. The van der Waals surface area contributed by atoms with Crippen LogP contribution in [-0.2, 0) is 6.42 Å². The zero-order valence-corrected chi connectivity index (χ0v) is 10.9. The van der Waals surface area contributed by atoms with E-state index in [0.717, 1.165) is 24.4 Å². The summed E-state index contributed by atoms with van der Waals surface area (Å²) in [7, 11) is 1.98. The minimum atomic E-state index is 0.284. The molecule has 0 saturated heterocycles. The Hall–Kier alpha value is -1.74. The number of aromatic nitrogens is 2. The lowest BCUT2D eigenvalue weighted by Gasteiger charge is -2.15. The standard InChI is InChI=1S/C15H19N3/c1-12-17-11-10-15(18-12)14(16-2)9-8-13-6-4-3-5-7-13/h3-7,10-11,14,16H,8-9H2,1-2H3. The minimum absolute atomic E-state index is 0.284. The lowest BCUT2D eigenvalue weighted by molar-refractivity contribution is 0.533. The van der Waals surface area contributed by atoms with Crippen LogP contribution in [0.4, 0.5) is 0 Å². The molecular formula is C15H19N3. The fourth-order valence-corrected chi connectivity index (χ4v) is 2.06. The van der Waals surface area contributed by atoms with Gasteiger partial charge in [0.15, 0.2) is 0 Å². The summed E-state index contributed by atoms with van der Waals surface area (Å²) in [6, 6.07) is 12.8. The maximum atomic E-state index is 4.48. The first-order chi connectivity index (χ1) is 8.79. The first kappa shape index (κ1) is 12.7. The van der Waals surface area contributed by atoms with Crippen LogP contribution >= 0.6 is 0 Å². The largest absolute Gasteiger partial charge is 0.312 e. The number of nitrogens with zero attached hydrogens (tertiary/aromatic N) is 2. The highest BCUT2D eigenvalue weighted by molar-refractivity contribution is 5.16. The van der Waals surface area contributed by atoms with Gasteiger partial charge in [0.05, 0.1) is 5.69 Å². The molecule has 1 unspecified atom stereocenters. The smallest absolute Gasteiger partial charge is 0.125 e. The average Bonchev–Trinajstić information content (AvgIpc) is 2.41. The molecule has 0 radical (unpaired) electrons. The molecule has 18 heavy (non-hydrogen) atoms. The molecule has 3 nitrogen and oxygen atoms in total. The van der Waals surface area contributed by atoms with Crippen LogP contribution in [0.15, 0.2) is 42.6 Å². The summed E-state index contributed by atoms with van der Waals surface area (Å²) < 4.78 is 0. The van der Waals surface area contributed by atoms with Crippen molar-refractivity contribution in [3.05, 3.63) is 59.7 Å². The fraction of sp³-hybridized carbons (Fsp3) is 0.333. The normalized spacial score (nSPS) is 12.3. The second-order valence-corrected chi connectivity index (χ2v) is 4.39. The van der Waals surface area contributed by atoms with Crippen LogP contribution in [0.2, 0.25) is 0 Å². The molecule has 2 rings (SSSR count). The molecule has 0 bridgehead atoms. The van der Waals surface area contributed by atoms with Gasteiger partial charge in [-0.2, -0.15) is 0 Å². The van der Waals surface area contributed by atoms with Crippen LogP contribution in [0.1, 0.15) is 29.5 Å². The molecule has 1 N–H and O–H groups in total. The van der Waals surface area contributed by atoms with E-state index in [0.29, 0.717) is 0 Å². The molecule has 1 atom stereocenters. The van der Waals surface area contributed by atoms with E-state index in [-0.39, 0.29) is 6.04 Å². The van der Waals surface area contributed by atoms with Gasteiger partial charge in [-0.3, -0.25) is 0 Å². The molecule has 0 saturated carbocycles. The highest BCUT2D eigenvalue weighted by atomic mass is 14.9. The molecule has 0 aliphatic heterocycles. The van der Waals surface area contributed by atoms with E-state index in [9.17, 15) is 0 Å². The molecule has 0 aliphatic rings. The summed E-state index contributed by atoms with van der Waals surface area (Å²) in [6.07, 6.45) is 3.91. The van der Waals surface area contributed by atoms with Crippen LogP contribution in [0.25, 0.3) is 0 Å². The summed E-state index contributed by atoms with van der Waals surface area (Å²) in [4.78, 5) is 8.62. The van der Waals surface area contributed by atoms with Crippen molar-refractivity contribution in [2.75, 3.05) is 7.05 Å². The van der Waals surface area contributed by atoms with E-state index in [1.165, 1.54) is 5.56 Å². The van der Waals surface area contributed by atoms with Crippen molar-refractivity contribution in [1.29, 1.82) is 0 Å². The van der Waals surface area contributed by atoms with Crippen LogP contribution < -0.4 is 5.32 Å². The zero-order valence-electron chi connectivity index (χ0n) is 10.9. The van der Waals surface area contributed by atoms with Gasteiger partial charge < -0.3 is 5.32 Å². The van der Waals surface area contributed by atoms with Gasteiger partial charge in [0.2, 0.25) is 0 Å². The molecule has 0 aliphatic carbocycles. The lowest BCUT2D eigenvalue weighted by Crippen LogP contribution is -2.18. The van der Waals surface area contributed by atoms with E-state index >= 15 is 0 Å². The Morgan fingerprint density at radius 1 is 1.17 bits per heavy atom. The third-order valence-electron chi connectivity index (χ3n) is 3.07. The summed E-state index contributed by atoms with van der Waals surface area (Å²) in [5.41, 5.74) is 2.43. The Morgan fingerprint density at radius 2 is 1.94 bits per heavy atom. The molecular weight excluding hydrogens is 222 g/mol. The molecule has 3 heteroatoms. The van der Waals surface area contributed by atoms with Crippen LogP contribution in [-0.4, -0.2) is 17.0 Å². The second-order valence-electron chi connectivity index (χ2n) is 4.39. The van der Waals surface area contributed by atoms with Gasteiger partial charge in [-0.15, -0.1) is 0 Å².